The van der Waals surface area contributed by atoms with Gasteiger partial charge in [0.25, 0.3) is 0 Å². The molecule has 0 amide bonds. The maximum atomic E-state index is 5.81. The van der Waals surface area contributed by atoms with Crippen molar-refractivity contribution in [3.8, 4) is 11.5 Å². The first-order valence-electron chi connectivity index (χ1n) is 5.99. The maximum Gasteiger partial charge on any atom is 0.161 e. The van der Waals surface area contributed by atoms with Gasteiger partial charge < -0.3 is 9.47 Å². The summed E-state index contributed by atoms with van der Waals surface area (Å²) in [6.45, 7) is 0. The number of rotatable bonds is 5. The fourth-order valence-corrected chi connectivity index (χ4v) is 1.76. The molecule has 0 spiro atoms. The van der Waals surface area contributed by atoms with Crippen LogP contribution in [0.2, 0.25) is 5.02 Å². The van der Waals surface area contributed by atoms with Crippen molar-refractivity contribution in [2.24, 2.45) is 5.10 Å². The minimum atomic E-state index is 0.669. The lowest BCUT2D eigenvalue weighted by molar-refractivity contribution is 0.355. The molecule has 0 unspecified atom stereocenters. The number of ether oxygens (including phenoxy) is 2. The number of halogens is 1. The Balaban J connectivity index is 2.05. The SMILES string of the molecule is COc1ccc(/C=N/Nc2ccc(Cl)cc2)cc1OC. The minimum absolute atomic E-state index is 0.669. The van der Waals surface area contributed by atoms with Crippen molar-refractivity contribution in [3.05, 3.63) is 53.1 Å². The van der Waals surface area contributed by atoms with Gasteiger partial charge in [-0.05, 0) is 48.0 Å². The van der Waals surface area contributed by atoms with Gasteiger partial charge in [0.1, 0.15) is 0 Å². The van der Waals surface area contributed by atoms with E-state index in [0.29, 0.717) is 16.5 Å². The second kappa shape index (κ2) is 6.82. The highest BCUT2D eigenvalue weighted by Crippen LogP contribution is 2.26. The molecule has 0 bridgehead atoms. The molecule has 0 radical (unpaired) electrons. The lowest BCUT2D eigenvalue weighted by Crippen LogP contribution is -1.93. The van der Waals surface area contributed by atoms with Crippen LogP contribution in [0.1, 0.15) is 5.56 Å². The fraction of sp³-hybridized carbons (Fsp3) is 0.133. The first kappa shape index (κ1) is 14.2. The van der Waals surface area contributed by atoms with Crippen LogP contribution in [0.5, 0.6) is 11.5 Å². The smallest absolute Gasteiger partial charge is 0.161 e. The second-order valence-corrected chi connectivity index (χ2v) is 4.43. The number of nitrogens with zero attached hydrogens (tertiary/aromatic N) is 1. The van der Waals surface area contributed by atoms with E-state index in [1.165, 1.54) is 0 Å². The molecule has 5 heteroatoms. The van der Waals surface area contributed by atoms with E-state index in [4.69, 9.17) is 21.1 Å². The predicted octanol–water partition coefficient (Wildman–Crippen LogP) is 3.80. The Bertz CT molecular complexity index is 597. The number of hydrogen-bond donors (Lipinski definition) is 1. The summed E-state index contributed by atoms with van der Waals surface area (Å²) in [5, 5.41) is 4.85. The minimum Gasteiger partial charge on any atom is -0.493 e. The highest BCUT2D eigenvalue weighted by molar-refractivity contribution is 6.30. The van der Waals surface area contributed by atoms with Crippen molar-refractivity contribution in [1.29, 1.82) is 0 Å². The third-order valence-corrected chi connectivity index (χ3v) is 2.91. The zero-order valence-corrected chi connectivity index (χ0v) is 12.0. The Morgan fingerprint density at radius 2 is 1.70 bits per heavy atom. The zero-order valence-electron chi connectivity index (χ0n) is 11.3. The summed E-state index contributed by atoms with van der Waals surface area (Å²) in [6, 6.07) is 12.9. The molecule has 0 aliphatic rings. The summed E-state index contributed by atoms with van der Waals surface area (Å²) in [5.74, 6) is 1.36. The molecular formula is C15H15ClN2O2. The van der Waals surface area contributed by atoms with Crippen molar-refractivity contribution in [3.63, 3.8) is 0 Å². The van der Waals surface area contributed by atoms with Crippen LogP contribution in [0.25, 0.3) is 0 Å². The van der Waals surface area contributed by atoms with E-state index in [2.05, 4.69) is 10.5 Å². The number of nitrogens with one attached hydrogen (secondary N) is 1. The Morgan fingerprint density at radius 1 is 1.00 bits per heavy atom. The van der Waals surface area contributed by atoms with Gasteiger partial charge in [0.05, 0.1) is 26.1 Å². The van der Waals surface area contributed by atoms with E-state index in [1.807, 2.05) is 30.3 Å². The van der Waals surface area contributed by atoms with Gasteiger partial charge in [-0.25, -0.2) is 0 Å². The lowest BCUT2D eigenvalue weighted by atomic mass is 10.2. The monoisotopic (exact) mass is 290 g/mol. The molecule has 104 valence electrons. The molecule has 1 N–H and O–H groups in total. The molecule has 0 saturated carbocycles. The average molecular weight is 291 g/mol. The number of methoxy groups -OCH3 is 2. The molecule has 0 aliphatic carbocycles. The Morgan fingerprint density at radius 3 is 2.35 bits per heavy atom. The van der Waals surface area contributed by atoms with E-state index in [9.17, 15) is 0 Å². The van der Waals surface area contributed by atoms with E-state index in [0.717, 1.165) is 11.3 Å². The van der Waals surface area contributed by atoms with Gasteiger partial charge in [0, 0.05) is 5.02 Å². The highest BCUT2D eigenvalue weighted by Gasteiger charge is 2.02. The topological polar surface area (TPSA) is 42.8 Å². The van der Waals surface area contributed by atoms with Crippen molar-refractivity contribution in [2.75, 3.05) is 19.6 Å². The van der Waals surface area contributed by atoms with Gasteiger partial charge in [0.2, 0.25) is 0 Å². The normalized spacial score (nSPS) is 10.6. The number of benzene rings is 2. The molecule has 20 heavy (non-hydrogen) atoms. The third kappa shape index (κ3) is 3.65. The average Bonchev–Trinajstić information content (AvgIpc) is 2.49. The molecule has 0 aromatic heterocycles. The quantitative estimate of drug-likeness (QED) is 0.673. The summed E-state index contributed by atoms with van der Waals surface area (Å²) >= 11 is 5.81. The van der Waals surface area contributed by atoms with Crippen molar-refractivity contribution in [2.45, 2.75) is 0 Å². The Hall–Kier alpha value is -2.20. The number of hydrazone groups is 1. The van der Waals surface area contributed by atoms with Gasteiger partial charge >= 0.3 is 0 Å². The molecule has 0 aliphatic heterocycles. The van der Waals surface area contributed by atoms with Crippen LogP contribution in [0.3, 0.4) is 0 Å². The number of hydrogen-bond acceptors (Lipinski definition) is 4. The van der Waals surface area contributed by atoms with Crippen LogP contribution in [-0.4, -0.2) is 20.4 Å². The zero-order chi connectivity index (χ0) is 14.4. The summed E-state index contributed by atoms with van der Waals surface area (Å²) in [4.78, 5) is 0. The molecule has 2 aromatic carbocycles. The van der Waals surface area contributed by atoms with Gasteiger partial charge in [-0.15, -0.1) is 0 Å². The first-order chi connectivity index (χ1) is 9.72. The van der Waals surface area contributed by atoms with Crippen LogP contribution < -0.4 is 14.9 Å². The third-order valence-electron chi connectivity index (χ3n) is 2.66. The van der Waals surface area contributed by atoms with Crippen molar-refractivity contribution >= 4 is 23.5 Å². The molecule has 2 aromatic rings. The van der Waals surface area contributed by atoms with Crippen molar-refractivity contribution < 1.29 is 9.47 Å². The van der Waals surface area contributed by atoms with Crippen molar-refractivity contribution in [1.82, 2.24) is 0 Å². The van der Waals surface area contributed by atoms with Gasteiger partial charge in [0.15, 0.2) is 11.5 Å². The maximum absolute atomic E-state index is 5.81. The van der Waals surface area contributed by atoms with E-state index < -0.39 is 0 Å². The summed E-state index contributed by atoms with van der Waals surface area (Å²) < 4.78 is 10.4. The van der Waals surface area contributed by atoms with Gasteiger partial charge in [-0.2, -0.15) is 5.10 Å². The lowest BCUT2D eigenvalue weighted by Gasteiger charge is -2.07. The molecule has 0 fully saturated rings. The van der Waals surface area contributed by atoms with Gasteiger partial charge in [-0.1, -0.05) is 11.6 Å². The highest BCUT2D eigenvalue weighted by atomic mass is 35.5. The molecule has 0 saturated heterocycles. The van der Waals surface area contributed by atoms with Gasteiger partial charge in [-0.3, -0.25) is 5.43 Å². The van der Waals surface area contributed by atoms with E-state index in [-0.39, 0.29) is 0 Å². The van der Waals surface area contributed by atoms with Crippen LogP contribution in [-0.2, 0) is 0 Å². The van der Waals surface area contributed by atoms with Crippen LogP contribution >= 0.6 is 11.6 Å². The molecule has 4 nitrogen and oxygen atoms in total. The summed E-state index contributed by atoms with van der Waals surface area (Å²) in [5.41, 5.74) is 4.70. The number of anilines is 1. The molecule has 0 heterocycles. The second-order valence-electron chi connectivity index (χ2n) is 3.99. The van der Waals surface area contributed by atoms with E-state index >= 15 is 0 Å². The first-order valence-corrected chi connectivity index (χ1v) is 6.37. The summed E-state index contributed by atoms with van der Waals surface area (Å²) in [7, 11) is 3.21. The van der Waals surface area contributed by atoms with Crippen LogP contribution in [0, 0.1) is 0 Å². The van der Waals surface area contributed by atoms with Crippen LogP contribution in [0.4, 0.5) is 5.69 Å². The Kier molecular flexibility index (Phi) is 4.85. The predicted molar refractivity (Wildman–Crippen MR) is 82.2 cm³/mol. The molecule has 2 rings (SSSR count). The molecule has 0 atom stereocenters. The summed E-state index contributed by atoms with van der Waals surface area (Å²) in [6.07, 6.45) is 1.70. The molecular weight excluding hydrogens is 276 g/mol. The van der Waals surface area contributed by atoms with E-state index in [1.54, 1.807) is 32.6 Å². The standard InChI is InChI=1S/C15H15ClN2O2/c1-19-14-8-3-11(9-15(14)20-2)10-17-18-13-6-4-12(16)5-7-13/h3-10,18H,1-2H3/b17-10+. The largest absolute Gasteiger partial charge is 0.493 e. The Labute approximate surface area is 123 Å². The fourth-order valence-electron chi connectivity index (χ4n) is 1.64. The van der Waals surface area contributed by atoms with Crippen LogP contribution in [0.15, 0.2) is 47.6 Å².